The molecule has 0 spiro atoms. The van der Waals surface area contributed by atoms with E-state index in [-0.39, 0.29) is 12.1 Å². The first-order chi connectivity index (χ1) is 8.97. The molecule has 1 fully saturated rings. The molecule has 1 saturated heterocycles. The van der Waals surface area contributed by atoms with Crippen molar-refractivity contribution in [1.82, 2.24) is 10.2 Å². The van der Waals surface area contributed by atoms with E-state index in [2.05, 4.69) is 19.2 Å². The lowest BCUT2D eigenvalue weighted by Gasteiger charge is -2.35. The van der Waals surface area contributed by atoms with Crippen LogP contribution in [0.5, 0.6) is 0 Å². The Bertz CT molecular complexity index is 449. The molecule has 1 aromatic carbocycles. The summed E-state index contributed by atoms with van der Waals surface area (Å²) in [6.07, 6.45) is 0. The fraction of sp³-hybridized carbons (Fsp3) is 0.571. The van der Waals surface area contributed by atoms with Gasteiger partial charge >= 0.3 is 0 Å². The van der Waals surface area contributed by atoms with Crippen molar-refractivity contribution in [2.75, 3.05) is 19.6 Å². The maximum absolute atomic E-state index is 13.6. The Morgan fingerprint density at radius 2 is 2.05 bits per heavy atom. The molecule has 0 radical (unpaired) electrons. The van der Waals surface area contributed by atoms with Gasteiger partial charge in [0.15, 0.2) is 11.6 Å². The van der Waals surface area contributed by atoms with Crippen LogP contribution < -0.4 is 5.32 Å². The average molecular weight is 272 g/mol. The van der Waals surface area contributed by atoms with Crippen LogP contribution in [0.3, 0.4) is 0 Å². The predicted molar refractivity (Wildman–Crippen MR) is 68.2 cm³/mol. The molecule has 0 aromatic heterocycles. The topological polar surface area (TPSA) is 15.3 Å². The standard InChI is InChI=1S/C14H19F3N2/c1-9(2)13-8-19(4-3-18-13)7-10-5-11(15)6-12(16)14(10)17/h5-6,9,13,18H,3-4,7-8H2,1-2H3/t13-/m0/s1. The van der Waals surface area contributed by atoms with Crippen LogP contribution >= 0.6 is 0 Å². The van der Waals surface area contributed by atoms with Gasteiger partial charge in [-0.15, -0.1) is 0 Å². The third kappa shape index (κ3) is 3.48. The number of hydrogen-bond donors (Lipinski definition) is 1. The second-order valence-electron chi connectivity index (χ2n) is 5.40. The van der Waals surface area contributed by atoms with Crippen LogP contribution in [0.15, 0.2) is 12.1 Å². The van der Waals surface area contributed by atoms with Crippen LogP contribution in [0.25, 0.3) is 0 Å². The van der Waals surface area contributed by atoms with E-state index in [9.17, 15) is 13.2 Å². The van der Waals surface area contributed by atoms with E-state index in [4.69, 9.17) is 0 Å². The van der Waals surface area contributed by atoms with Gasteiger partial charge < -0.3 is 5.32 Å². The maximum atomic E-state index is 13.6. The van der Waals surface area contributed by atoms with Crippen molar-refractivity contribution in [1.29, 1.82) is 0 Å². The molecule has 1 aromatic rings. The minimum Gasteiger partial charge on any atom is -0.311 e. The number of hydrogen-bond acceptors (Lipinski definition) is 2. The van der Waals surface area contributed by atoms with E-state index in [1.807, 2.05) is 4.90 Å². The van der Waals surface area contributed by atoms with Crippen molar-refractivity contribution in [2.45, 2.75) is 26.4 Å². The normalized spacial score (nSPS) is 21.1. The summed E-state index contributed by atoms with van der Waals surface area (Å²) < 4.78 is 39.9. The molecule has 0 unspecified atom stereocenters. The first-order valence-corrected chi connectivity index (χ1v) is 6.56. The van der Waals surface area contributed by atoms with Gasteiger partial charge in [-0.05, 0) is 12.0 Å². The van der Waals surface area contributed by atoms with Gasteiger partial charge in [0.1, 0.15) is 5.82 Å². The van der Waals surface area contributed by atoms with Crippen molar-refractivity contribution in [3.63, 3.8) is 0 Å². The summed E-state index contributed by atoms with van der Waals surface area (Å²) >= 11 is 0. The molecule has 1 N–H and O–H groups in total. The molecule has 106 valence electrons. The number of piperazine rings is 1. The third-order valence-electron chi connectivity index (χ3n) is 3.56. The van der Waals surface area contributed by atoms with Gasteiger partial charge in [0.2, 0.25) is 0 Å². The van der Waals surface area contributed by atoms with Gasteiger partial charge in [0.25, 0.3) is 0 Å². The number of rotatable bonds is 3. The fourth-order valence-electron chi connectivity index (χ4n) is 2.40. The Hall–Kier alpha value is -1.07. The van der Waals surface area contributed by atoms with Crippen LogP contribution in [0, 0.1) is 23.4 Å². The average Bonchev–Trinajstić information content (AvgIpc) is 2.35. The van der Waals surface area contributed by atoms with Crippen LogP contribution in [0.2, 0.25) is 0 Å². The number of halogens is 3. The van der Waals surface area contributed by atoms with Crippen molar-refractivity contribution < 1.29 is 13.2 Å². The summed E-state index contributed by atoms with van der Waals surface area (Å²) in [6.45, 7) is 6.79. The summed E-state index contributed by atoms with van der Waals surface area (Å²) in [5.41, 5.74) is 0.0851. The zero-order valence-electron chi connectivity index (χ0n) is 11.2. The Kier molecular flexibility index (Phi) is 4.47. The van der Waals surface area contributed by atoms with Gasteiger partial charge in [-0.2, -0.15) is 0 Å². The molecule has 1 aliphatic rings. The molecule has 19 heavy (non-hydrogen) atoms. The van der Waals surface area contributed by atoms with Crippen molar-refractivity contribution in [3.05, 3.63) is 35.1 Å². The van der Waals surface area contributed by atoms with E-state index in [0.717, 1.165) is 25.7 Å². The highest BCUT2D eigenvalue weighted by Gasteiger charge is 2.23. The molecule has 1 atom stereocenters. The largest absolute Gasteiger partial charge is 0.311 e. The number of nitrogens with one attached hydrogen (secondary N) is 1. The summed E-state index contributed by atoms with van der Waals surface area (Å²) in [5, 5.41) is 3.39. The Morgan fingerprint density at radius 3 is 2.74 bits per heavy atom. The molecule has 0 aliphatic carbocycles. The lowest BCUT2D eigenvalue weighted by molar-refractivity contribution is 0.166. The number of benzene rings is 1. The first-order valence-electron chi connectivity index (χ1n) is 6.56. The lowest BCUT2D eigenvalue weighted by atomic mass is 10.0. The molecule has 0 saturated carbocycles. The highest BCUT2D eigenvalue weighted by molar-refractivity contribution is 5.20. The van der Waals surface area contributed by atoms with E-state index in [0.29, 0.717) is 18.0 Å². The van der Waals surface area contributed by atoms with Crippen molar-refractivity contribution in [3.8, 4) is 0 Å². The minimum absolute atomic E-state index is 0.0851. The van der Waals surface area contributed by atoms with Gasteiger partial charge in [-0.1, -0.05) is 13.8 Å². The van der Waals surface area contributed by atoms with Crippen molar-refractivity contribution in [2.24, 2.45) is 5.92 Å². The van der Waals surface area contributed by atoms with Gasteiger partial charge in [0.05, 0.1) is 0 Å². The summed E-state index contributed by atoms with van der Waals surface area (Å²) in [6, 6.07) is 1.98. The highest BCUT2D eigenvalue weighted by Crippen LogP contribution is 2.18. The zero-order chi connectivity index (χ0) is 14.0. The van der Waals surface area contributed by atoms with Gasteiger partial charge in [-0.25, -0.2) is 13.2 Å². The van der Waals surface area contributed by atoms with Gasteiger partial charge in [0, 0.05) is 43.9 Å². The molecule has 1 aliphatic heterocycles. The van der Waals surface area contributed by atoms with Crippen molar-refractivity contribution >= 4 is 0 Å². The Balaban J connectivity index is 2.09. The lowest BCUT2D eigenvalue weighted by Crippen LogP contribution is -2.52. The minimum atomic E-state index is -1.12. The van der Waals surface area contributed by atoms with E-state index in [1.54, 1.807) is 0 Å². The van der Waals surface area contributed by atoms with Crippen LogP contribution in [0.1, 0.15) is 19.4 Å². The summed E-state index contributed by atoms with van der Waals surface area (Å²) in [7, 11) is 0. The van der Waals surface area contributed by atoms with Crippen LogP contribution in [0.4, 0.5) is 13.2 Å². The van der Waals surface area contributed by atoms with E-state index in [1.165, 1.54) is 0 Å². The summed E-state index contributed by atoms with van der Waals surface area (Å²) in [4.78, 5) is 2.03. The highest BCUT2D eigenvalue weighted by atomic mass is 19.2. The third-order valence-corrected chi connectivity index (χ3v) is 3.56. The Labute approximate surface area is 111 Å². The molecule has 2 nitrogen and oxygen atoms in total. The molecule has 0 amide bonds. The van der Waals surface area contributed by atoms with Crippen LogP contribution in [-0.2, 0) is 6.54 Å². The molecular formula is C14H19F3N2. The first kappa shape index (κ1) is 14.3. The van der Waals surface area contributed by atoms with Crippen LogP contribution in [-0.4, -0.2) is 30.6 Å². The fourth-order valence-corrected chi connectivity index (χ4v) is 2.40. The predicted octanol–water partition coefficient (Wildman–Crippen LogP) is 2.53. The van der Waals surface area contributed by atoms with E-state index < -0.39 is 17.5 Å². The quantitative estimate of drug-likeness (QED) is 0.851. The monoisotopic (exact) mass is 272 g/mol. The molecular weight excluding hydrogens is 253 g/mol. The van der Waals surface area contributed by atoms with Gasteiger partial charge in [-0.3, -0.25) is 4.90 Å². The second kappa shape index (κ2) is 5.92. The Morgan fingerprint density at radius 1 is 1.32 bits per heavy atom. The molecule has 0 bridgehead atoms. The molecule has 1 heterocycles. The number of nitrogens with zero attached hydrogens (tertiary/aromatic N) is 1. The zero-order valence-corrected chi connectivity index (χ0v) is 11.2. The maximum Gasteiger partial charge on any atom is 0.163 e. The molecule has 2 rings (SSSR count). The SMILES string of the molecule is CC(C)[C@@H]1CN(Cc2cc(F)cc(F)c2F)CCN1. The smallest absolute Gasteiger partial charge is 0.163 e. The molecule has 5 heteroatoms. The second-order valence-corrected chi connectivity index (χ2v) is 5.40. The van der Waals surface area contributed by atoms with E-state index >= 15 is 0 Å². The summed E-state index contributed by atoms with van der Waals surface area (Å²) in [5.74, 6) is -2.33.